The van der Waals surface area contributed by atoms with E-state index in [1.807, 2.05) is 0 Å². The van der Waals surface area contributed by atoms with Crippen molar-refractivity contribution in [2.45, 2.75) is 46.5 Å². The van der Waals surface area contributed by atoms with Crippen LogP contribution in [0.25, 0.3) is 0 Å². The maximum atomic E-state index is 5.39. The molecule has 0 bridgehead atoms. The summed E-state index contributed by atoms with van der Waals surface area (Å²) in [6.07, 6.45) is 2.22. The van der Waals surface area contributed by atoms with Gasteiger partial charge in [0.25, 0.3) is 0 Å². The van der Waals surface area contributed by atoms with E-state index in [9.17, 15) is 0 Å². The van der Waals surface area contributed by atoms with E-state index in [1.165, 1.54) is 39.9 Å². The number of nitrogens with one attached hydrogen (secondary N) is 1. The van der Waals surface area contributed by atoms with Crippen LogP contribution in [-0.4, -0.2) is 13.7 Å². The Labute approximate surface area is 146 Å². The Morgan fingerprint density at radius 1 is 1.12 bits per heavy atom. The SMILES string of the molecule is COc1cc(C)c(Cc2ccc3c(c2)C(C(C)C)CCN3)c(C)c1. The molecular weight excluding hydrogens is 294 g/mol. The highest BCUT2D eigenvalue weighted by molar-refractivity contribution is 5.57. The van der Waals surface area contributed by atoms with Crippen molar-refractivity contribution in [3.63, 3.8) is 0 Å². The molecule has 1 N–H and O–H groups in total. The molecule has 0 radical (unpaired) electrons. The molecule has 0 aromatic heterocycles. The summed E-state index contributed by atoms with van der Waals surface area (Å²) in [7, 11) is 1.73. The van der Waals surface area contributed by atoms with Crippen LogP contribution in [0.2, 0.25) is 0 Å². The van der Waals surface area contributed by atoms with E-state index in [0.717, 1.165) is 18.7 Å². The van der Waals surface area contributed by atoms with Crippen molar-refractivity contribution >= 4 is 5.69 Å². The van der Waals surface area contributed by atoms with Gasteiger partial charge in [-0.1, -0.05) is 26.0 Å². The monoisotopic (exact) mass is 323 g/mol. The molecule has 0 amide bonds. The Morgan fingerprint density at radius 2 is 1.83 bits per heavy atom. The average Bonchev–Trinajstić information content (AvgIpc) is 2.57. The molecule has 24 heavy (non-hydrogen) atoms. The summed E-state index contributed by atoms with van der Waals surface area (Å²) in [4.78, 5) is 0. The van der Waals surface area contributed by atoms with Gasteiger partial charge in [0, 0.05) is 12.2 Å². The van der Waals surface area contributed by atoms with Crippen LogP contribution in [0.15, 0.2) is 30.3 Å². The van der Waals surface area contributed by atoms with Crippen LogP contribution in [-0.2, 0) is 6.42 Å². The minimum atomic E-state index is 0.666. The number of benzene rings is 2. The highest BCUT2D eigenvalue weighted by Gasteiger charge is 2.23. The van der Waals surface area contributed by atoms with E-state index in [1.54, 1.807) is 7.11 Å². The van der Waals surface area contributed by atoms with Crippen molar-refractivity contribution in [3.05, 3.63) is 58.1 Å². The molecule has 0 saturated heterocycles. The fourth-order valence-electron chi connectivity index (χ4n) is 3.95. The van der Waals surface area contributed by atoms with Crippen molar-refractivity contribution in [1.82, 2.24) is 0 Å². The molecule has 2 aromatic carbocycles. The smallest absolute Gasteiger partial charge is 0.119 e. The lowest BCUT2D eigenvalue weighted by Gasteiger charge is -2.30. The first-order valence-electron chi connectivity index (χ1n) is 9.00. The van der Waals surface area contributed by atoms with Crippen LogP contribution in [0.4, 0.5) is 5.69 Å². The molecule has 0 saturated carbocycles. The van der Waals surface area contributed by atoms with Crippen LogP contribution in [0.3, 0.4) is 0 Å². The van der Waals surface area contributed by atoms with Crippen LogP contribution in [0, 0.1) is 19.8 Å². The van der Waals surface area contributed by atoms with Crippen LogP contribution in [0.1, 0.15) is 54.0 Å². The predicted octanol–water partition coefficient (Wildman–Crippen LogP) is 5.46. The van der Waals surface area contributed by atoms with E-state index < -0.39 is 0 Å². The summed E-state index contributed by atoms with van der Waals surface area (Å²) in [5.74, 6) is 2.30. The van der Waals surface area contributed by atoms with Crippen LogP contribution >= 0.6 is 0 Å². The highest BCUT2D eigenvalue weighted by atomic mass is 16.5. The summed E-state index contributed by atoms with van der Waals surface area (Å²) < 4.78 is 5.39. The standard InChI is InChI=1S/C22H29NO/c1-14(2)19-8-9-23-22-7-6-17(13-21(19)22)12-20-15(3)10-18(24-5)11-16(20)4/h6-7,10-11,13-14,19,23H,8-9,12H2,1-5H3. The molecule has 2 heteroatoms. The van der Waals surface area contributed by atoms with Crippen molar-refractivity contribution in [3.8, 4) is 5.75 Å². The largest absolute Gasteiger partial charge is 0.497 e. The Kier molecular flexibility index (Phi) is 4.84. The Morgan fingerprint density at radius 3 is 2.46 bits per heavy atom. The molecule has 3 rings (SSSR count). The zero-order valence-corrected chi connectivity index (χ0v) is 15.6. The van der Waals surface area contributed by atoms with E-state index in [4.69, 9.17) is 4.74 Å². The molecule has 1 atom stereocenters. The fraction of sp³-hybridized carbons (Fsp3) is 0.455. The second-order valence-corrected chi connectivity index (χ2v) is 7.40. The van der Waals surface area contributed by atoms with Gasteiger partial charge >= 0.3 is 0 Å². The number of ether oxygens (including phenoxy) is 1. The van der Waals surface area contributed by atoms with E-state index in [2.05, 4.69) is 63.3 Å². The molecular formula is C22H29NO. The maximum Gasteiger partial charge on any atom is 0.119 e. The van der Waals surface area contributed by atoms with Crippen LogP contribution in [0.5, 0.6) is 5.75 Å². The molecule has 1 aliphatic heterocycles. The number of anilines is 1. The fourth-order valence-corrected chi connectivity index (χ4v) is 3.95. The summed E-state index contributed by atoms with van der Waals surface area (Å²) in [6, 6.07) is 11.2. The lowest BCUT2D eigenvalue weighted by Crippen LogP contribution is -2.20. The minimum absolute atomic E-state index is 0.666. The minimum Gasteiger partial charge on any atom is -0.497 e. The van der Waals surface area contributed by atoms with Gasteiger partial charge in [0.1, 0.15) is 5.75 Å². The third-order valence-electron chi connectivity index (χ3n) is 5.38. The second-order valence-electron chi connectivity index (χ2n) is 7.40. The normalized spacial score (nSPS) is 16.7. The number of methoxy groups -OCH3 is 1. The van der Waals surface area contributed by atoms with E-state index in [-0.39, 0.29) is 0 Å². The molecule has 1 unspecified atom stereocenters. The van der Waals surface area contributed by atoms with E-state index >= 15 is 0 Å². The number of fused-ring (bicyclic) bond motifs is 1. The van der Waals surface area contributed by atoms with Gasteiger partial charge in [-0.25, -0.2) is 0 Å². The van der Waals surface area contributed by atoms with Crippen LogP contribution < -0.4 is 10.1 Å². The van der Waals surface area contributed by atoms with Crippen molar-refractivity contribution in [2.24, 2.45) is 5.92 Å². The summed E-state index contributed by atoms with van der Waals surface area (Å²) in [5, 5.41) is 3.56. The van der Waals surface area contributed by atoms with Crippen molar-refractivity contribution in [2.75, 3.05) is 19.0 Å². The van der Waals surface area contributed by atoms with Gasteiger partial charge in [-0.3, -0.25) is 0 Å². The Balaban J connectivity index is 1.93. The highest BCUT2D eigenvalue weighted by Crippen LogP contribution is 2.37. The molecule has 0 spiro atoms. The first-order chi connectivity index (χ1) is 11.5. The van der Waals surface area contributed by atoms with Gasteiger partial charge in [0.15, 0.2) is 0 Å². The third-order valence-corrected chi connectivity index (χ3v) is 5.38. The van der Waals surface area contributed by atoms with Crippen molar-refractivity contribution < 1.29 is 4.74 Å². The zero-order valence-electron chi connectivity index (χ0n) is 15.6. The third kappa shape index (κ3) is 3.28. The first-order valence-corrected chi connectivity index (χ1v) is 9.00. The molecule has 0 aliphatic carbocycles. The molecule has 128 valence electrons. The summed E-state index contributed by atoms with van der Waals surface area (Å²) in [5.41, 5.74) is 8.26. The number of aryl methyl sites for hydroxylation is 2. The molecule has 0 fully saturated rings. The topological polar surface area (TPSA) is 21.3 Å². The van der Waals surface area contributed by atoms with Gasteiger partial charge < -0.3 is 10.1 Å². The second kappa shape index (κ2) is 6.88. The number of hydrogen-bond donors (Lipinski definition) is 1. The Hall–Kier alpha value is -1.96. The van der Waals surface area contributed by atoms with Gasteiger partial charge in [0.2, 0.25) is 0 Å². The first kappa shape index (κ1) is 16.9. The number of hydrogen-bond acceptors (Lipinski definition) is 2. The van der Waals surface area contributed by atoms with Gasteiger partial charge in [-0.2, -0.15) is 0 Å². The zero-order chi connectivity index (χ0) is 17.3. The predicted molar refractivity (Wildman–Crippen MR) is 102 cm³/mol. The van der Waals surface area contributed by atoms with Gasteiger partial charge in [-0.15, -0.1) is 0 Å². The number of rotatable bonds is 4. The molecule has 2 aromatic rings. The summed E-state index contributed by atoms with van der Waals surface area (Å²) >= 11 is 0. The van der Waals surface area contributed by atoms with Gasteiger partial charge in [-0.05, 0) is 84.5 Å². The summed E-state index contributed by atoms with van der Waals surface area (Å²) in [6.45, 7) is 10.1. The Bertz CT molecular complexity index is 710. The lowest BCUT2D eigenvalue weighted by atomic mass is 9.81. The molecule has 1 aliphatic rings. The molecule has 1 heterocycles. The van der Waals surface area contributed by atoms with Crippen molar-refractivity contribution in [1.29, 1.82) is 0 Å². The van der Waals surface area contributed by atoms with E-state index in [0.29, 0.717) is 11.8 Å². The maximum absolute atomic E-state index is 5.39. The molecule has 2 nitrogen and oxygen atoms in total. The lowest BCUT2D eigenvalue weighted by molar-refractivity contribution is 0.414. The van der Waals surface area contributed by atoms with Gasteiger partial charge in [0.05, 0.1) is 7.11 Å². The average molecular weight is 323 g/mol. The quantitative estimate of drug-likeness (QED) is 0.807.